The lowest BCUT2D eigenvalue weighted by molar-refractivity contribution is -0.115. The highest BCUT2D eigenvalue weighted by Crippen LogP contribution is 2.34. The summed E-state index contributed by atoms with van der Waals surface area (Å²) in [6.07, 6.45) is 6.05. The number of benzene rings is 1. The van der Waals surface area contributed by atoms with Gasteiger partial charge in [-0.05, 0) is 44.9 Å². The molecule has 3 rings (SSSR count). The van der Waals surface area contributed by atoms with E-state index >= 15 is 0 Å². The normalized spacial score (nSPS) is 16.5. The lowest BCUT2D eigenvalue weighted by atomic mass is 9.95. The second kappa shape index (κ2) is 8.63. The van der Waals surface area contributed by atoms with Gasteiger partial charge >= 0.3 is 0 Å². The van der Waals surface area contributed by atoms with Crippen molar-refractivity contribution < 1.29 is 4.79 Å². The summed E-state index contributed by atoms with van der Waals surface area (Å²) in [5.41, 5.74) is 0.588. The van der Waals surface area contributed by atoms with Crippen LogP contribution in [0.15, 0.2) is 23.4 Å². The van der Waals surface area contributed by atoms with E-state index in [2.05, 4.69) is 20.1 Å². The van der Waals surface area contributed by atoms with Crippen LogP contribution >= 0.6 is 35.0 Å². The number of rotatable bonds is 5. The van der Waals surface area contributed by atoms with Crippen molar-refractivity contribution in [2.75, 3.05) is 5.32 Å². The number of aromatic nitrogens is 3. The minimum absolute atomic E-state index is 0.121. The second-order valence-electron chi connectivity index (χ2n) is 6.60. The van der Waals surface area contributed by atoms with Crippen LogP contribution in [0.25, 0.3) is 0 Å². The van der Waals surface area contributed by atoms with Gasteiger partial charge in [-0.15, -0.1) is 10.2 Å². The summed E-state index contributed by atoms with van der Waals surface area (Å²) >= 11 is 13.4. The summed E-state index contributed by atoms with van der Waals surface area (Å²) in [5.74, 6) is 0.790. The molecule has 1 aromatic heterocycles. The van der Waals surface area contributed by atoms with Crippen LogP contribution in [0.2, 0.25) is 10.0 Å². The SMILES string of the molecule is Cc1nnc(S[C@H](C)C(=O)Nc2cc(Cl)cc(Cl)c2)n1C1CCCCC1. The maximum atomic E-state index is 12.6. The first-order valence-electron chi connectivity index (χ1n) is 8.79. The Bertz CT molecular complexity index is 769. The van der Waals surface area contributed by atoms with Gasteiger partial charge in [0.05, 0.1) is 5.25 Å². The van der Waals surface area contributed by atoms with Crippen LogP contribution in [0.3, 0.4) is 0 Å². The van der Waals surface area contributed by atoms with Crippen molar-refractivity contribution in [3.63, 3.8) is 0 Å². The van der Waals surface area contributed by atoms with Crippen molar-refractivity contribution >= 4 is 46.6 Å². The number of amides is 1. The second-order valence-corrected chi connectivity index (χ2v) is 8.78. The third kappa shape index (κ3) is 4.72. The molecule has 0 spiro atoms. The number of anilines is 1. The summed E-state index contributed by atoms with van der Waals surface area (Å²) in [6.45, 7) is 3.84. The van der Waals surface area contributed by atoms with Gasteiger partial charge in [-0.25, -0.2) is 0 Å². The predicted molar refractivity (Wildman–Crippen MR) is 107 cm³/mol. The third-order valence-corrected chi connectivity index (χ3v) is 6.05. The molecule has 140 valence electrons. The maximum absolute atomic E-state index is 12.6. The molecular weight excluding hydrogens is 391 g/mol. The monoisotopic (exact) mass is 412 g/mol. The number of nitrogens with zero attached hydrogens (tertiary/aromatic N) is 3. The van der Waals surface area contributed by atoms with Crippen LogP contribution in [-0.4, -0.2) is 25.9 Å². The highest BCUT2D eigenvalue weighted by molar-refractivity contribution is 8.00. The Morgan fingerprint density at radius 2 is 1.85 bits per heavy atom. The Morgan fingerprint density at radius 1 is 1.19 bits per heavy atom. The molecule has 1 aliphatic carbocycles. The number of halogens is 2. The predicted octanol–water partition coefficient (Wildman–Crippen LogP) is 5.52. The van der Waals surface area contributed by atoms with Crippen LogP contribution in [-0.2, 0) is 4.79 Å². The Kier molecular flexibility index (Phi) is 6.48. The van der Waals surface area contributed by atoms with Crippen molar-refractivity contribution in [2.24, 2.45) is 0 Å². The van der Waals surface area contributed by atoms with Crippen molar-refractivity contribution in [3.05, 3.63) is 34.1 Å². The van der Waals surface area contributed by atoms with Gasteiger partial charge in [0.1, 0.15) is 5.82 Å². The number of aryl methyl sites for hydroxylation is 1. The first kappa shape index (κ1) is 19.5. The fraction of sp³-hybridized carbons (Fsp3) is 0.500. The molecule has 1 fully saturated rings. The van der Waals surface area contributed by atoms with Crippen molar-refractivity contribution in [1.82, 2.24) is 14.8 Å². The van der Waals surface area contributed by atoms with Crippen LogP contribution in [0, 0.1) is 6.92 Å². The van der Waals surface area contributed by atoms with E-state index in [1.165, 1.54) is 31.0 Å². The van der Waals surface area contributed by atoms with Gasteiger partial charge in [0.2, 0.25) is 5.91 Å². The Balaban J connectivity index is 1.69. The molecule has 1 N–H and O–H groups in total. The highest BCUT2D eigenvalue weighted by atomic mass is 35.5. The van der Waals surface area contributed by atoms with E-state index < -0.39 is 0 Å². The number of carbonyl (C=O) groups excluding carboxylic acids is 1. The number of hydrogen-bond acceptors (Lipinski definition) is 4. The van der Waals surface area contributed by atoms with Gasteiger partial charge in [-0.1, -0.05) is 54.2 Å². The molecule has 1 aromatic carbocycles. The van der Waals surface area contributed by atoms with E-state index in [0.29, 0.717) is 21.8 Å². The largest absolute Gasteiger partial charge is 0.325 e. The van der Waals surface area contributed by atoms with Gasteiger partial charge in [0, 0.05) is 21.8 Å². The Labute approximate surface area is 167 Å². The summed E-state index contributed by atoms with van der Waals surface area (Å²) in [5, 5.41) is 12.9. The first-order chi connectivity index (χ1) is 12.4. The van der Waals surface area contributed by atoms with E-state index in [4.69, 9.17) is 23.2 Å². The number of carbonyl (C=O) groups is 1. The molecule has 0 unspecified atom stereocenters. The first-order valence-corrected chi connectivity index (χ1v) is 10.4. The van der Waals surface area contributed by atoms with E-state index in [1.807, 2.05) is 13.8 Å². The quantitative estimate of drug-likeness (QED) is 0.656. The van der Waals surface area contributed by atoms with Gasteiger partial charge in [0.15, 0.2) is 5.16 Å². The van der Waals surface area contributed by atoms with Crippen LogP contribution < -0.4 is 5.32 Å². The molecule has 8 heteroatoms. The summed E-state index contributed by atoms with van der Waals surface area (Å²) in [6, 6.07) is 5.42. The van der Waals surface area contributed by atoms with Crippen molar-refractivity contribution in [2.45, 2.75) is 62.4 Å². The smallest absolute Gasteiger partial charge is 0.237 e. The van der Waals surface area contributed by atoms with Crippen LogP contribution in [0.5, 0.6) is 0 Å². The van der Waals surface area contributed by atoms with Gasteiger partial charge < -0.3 is 9.88 Å². The standard InChI is InChI=1S/C18H22Cl2N4OS/c1-11(17(25)21-15-9-13(19)8-14(20)10-15)26-18-23-22-12(2)24(18)16-6-4-3-5-7-16/h8-11,16H,3-7H2,1-2H3,(H,21,25)/t11-/m1/s1. The van der Waals surface area contributed by atoms with E-state index in [9.17, 15) is 4.79 Å². The molecule has 2 aromatic rings. The van der Waals surface area contributed by atoms with Crippen LogP contribution in [0.4, 0.5) is 5.69 Å². The molecule has 26 heavy (non-hydrogen) atoms. The fourth-order valence-electron chi connectivity index (χ4n) is 3.27. The summed E-state index contributed by atoms with van der Waals surface area (Å²) < 4.78 is 2.20. The molecule has 0 saturated heterocycles. The molecule has 1 heterocycles. The number of nitrogens with one attached hydrogen (secondary N) is 1. The third-order valence-electron chi connectivity index (χ3n) is 4.56. The minimum atomic E-state index is -0.321. The van der Waals surface area contributed by atoms with Gasteiger partial charge in [-0.2, -0.15) is 0 Å². The lowest BCUT2D eigenvalue weighted by Crippen LogP contribution is -2.23. The average Bonchev–Trinajstić information content (AvgIpc) is 2.95. The highest BCUT2D eigenvalue weighted by Gasteiger charge is 2.24. The zero-order valence-corrected chi connectivity index (χ0v) is 17.2. The maximum Gasteiger partial charge on any atom is 0.237 e. The molecule has 0 aliphatic heterocycles. The fourth-order valence-corrected chi connectivity index (χ4v) is 4.76. The molecule has 1 amide bonds. The number of hydrogen-bond donors (Lipinski definition) is 1. The zero-order chi connectivity index (χ0) is 18.7. The Morgan fingerprint density at radius 3 is 2.50 bits per heavy atom. The molecule has 0 bridgehead atoms. The van der Waals surface area contributed by atoms with E-state index in [-0.39, 0.29) is 11.2 Å². The minimum Gasteiger partial charge on any atom is -0.325 e. The summed E-state index contributed by atoms with van der Waals surface area (Å²) in [4.78, 5) is 12.6. The average molecular weight is 413 g/mol. The molecule has 0 radical (unpaired) electrons. The van der Waals surface area contributed by atoms with Crippen molar-refractivity contribution in [3.8, 4) is 0 Å². The summed E-state index contributed by atoms with van der Waals surface area (Å²) in [7, 11) is 0. The zero-order valence-electron chi connectivity index (χ0n) is 14.8. The van der Waals surface area contributed by atoms with E-state index in [1.54, 1.807) is 18.2 Å². The van der Waals surface area contributed by atoms with Gasteiger partial charge in [-0.3, -0.25) is 4.79 Å². The molecule has 1 atom stereocenters. The van der Waals surface area contributed by atoms with E-state index in [0.717, 1.165) is 23.8 Å². The molecule has 1 saturated carbocycles. The van der Waals surface area contributed by atoms with Crippen molar-refractivity contribution in [1.29, 1.82) is 0 Å². The topological polar surface area (TPSA) is 59.8 Å². The van der Waals surface area contributed by atoms with Crippen LogP contribution in [0.1, 0.15) is 50.9 Å². The molecule has 1 aliphatic rings. The molecular formula is C18H22Cl2N4OS. The lowest BCUT2D eigenvalue weighted by Gasteiger charge is -2.25. The Hall–Kier alpha value is -1.24. The number of thioether (sulfide) groups is 1. The van der Waals surface area contributed by atoms with Gasteiger partial charge in [0.25, 0.3) is 0 Å². The molecule has 5 nitrogen and oxygen atoms in total.